The van der Waals surface area contributed by atoms with Gasteiger partial charge in [0.05, 0.1) is 23.5 Å². The van der Waals surface area contributed by atoms with Crippen molar-refractivity contribution in [2.75, 3.05) is 11.4 Å². The minimum absolute atomic E-state index is 0.178. The van der Waals surface area contributed by atoms with Crippen LogP contribution >= 0.6 is 11.7 Å². The Morgan fingerprint density at radius 1 is 1.30 bits per heavy atom. The number of halogens is 3. The number of carbonyl (C=O) groups is 1. The lowest BCUT2D eigenvalue weighted by Gasteiger charge is -2.20. The Morgan fingerprint density at radius 3 is 2.40 bits per heavy atom. The maximum Gasteiger partial charge on any atom is 0.416 e. The van der Waals surface area contributed by atoms with E-state index >= 15 is 0 Å². The van der Waals surface area contributed by atoms with Gasteiger partial charge in [-0.1, -0.05) is 0 Å². The highest BCUT2D eigenvalue weighted by Crippen LogP contribution is 2.30. The molecule has 2 rings (SSSR count). The molecule has 0 saturated carbocycles. The molecular weight excluding hydrogens is 291 g/mol. The molecule has 0 atom stereocenters. The summed E-state index contributed by atoms with van der Waals surface area (Å²) >= 11 is 0.901. The molecule has 2 aromatic rings. The molecule has 0 spiro atoms. The number of benzene rings is 1. The fraction of sp³-hybridized carbons (Fsp3) is 0.250. The Bertz CT molecular complexity index is 581. The molecule has 0 aliphatic rings. The molecule has 20 heavy (non-hydrogen) atoms. The minimum atomic E-state index is -4.39. The van der Waals surface area contributed by atoms with Crippen LogP contribution in [0.15, 0.2) is 30.5 Å². The van der Waals surface area contributed by atoms with Gasteiger partial charge in [-0.3, -0.25) is 4.79 Å². The van der Waals surface area contributed by atoms with Crippen LogP contribution in [0.3, 0.4) is 0 Å². The van der Waals surface area contributed by atoms with E-state index < -0.39 is 11.7 Å². The molecule has 0 fully saturated rings. The average molecular weight is 301 g/mol. The Morgan fingerprint density at radius 2 is 1.95 bits per heavy atom. The van der Waals surface area contributed by atoms with E-state index in [9.17, 15) is 18.0 Å². The van der Waals surface area contributed by atoms with E-state index in [2.05, 4.69) is 8.75 Å². The van der Waals surface area contributed by atoms with Crippen molar-refractivity contribution in [3.8, 4) is 0 Å². The maximum absolute atomic E-state index is 12.5. The minimum Gasteiger partial charge on any atom is -0.307 e. The standard InChI is InChI=1S/C12H10F3N3OS/c1-2-18(11(19)10-7-16-20-17-10)9-5-3-8(4-6-9)12(13,14)15/h3-7H,2H2,1H3. The van der Waals surface area contributed by atoms with Crippen molar-refractivity contribution in [1.82, 2.24) is 8.75 Å². The SMILES string of the molecule is CCN(C(=O)c1cnsn1)c1ccc(C(F)(F)F)cc1. The van der Waals surface area contributed by atoms with E-state index in [4.69, 9.17) is 0 Å². The van der Waals surface area contributed by atoms with Crippen molar-refractivity contribution < 1.29 is 18.0 Å². The molecule has 1 heterocycles. The number of anilines is 1. The van der Waals surface area contributed by atoms with E-state index in [1.54, 1.807) is 6.92 Å². The zero-order valence-electron chi connectivity index (χ0n) is 10.4. The summed E-state index contributed by atoms with van der Waals surface area (Å²) in [6.07, 6.45) is -3.06. The van der Waals surface area contributed by atoms with Crippen LogP contribution < -0.4 is 4.90 Å². The van der Waals surface area contributed by atoms with Crippen molar-refractivity contribution in [3.63, 3.8) is 0 Å². The van der Waals surface area contributed by atoms with Crippen LogP contribution in [0, 0.1) is 0 Å². The first-order valence-corrected chi connectivity index (χ1v) is 6.43. The topological polar surface area (TPSA) is 46.1 Å². The van der Waals surface area contributed by atoms with Gasteiger partial charge in [-0.25, -0.2) is 0 Å². The van der Waals surface area contributed by atoms with Gasteiger partial charge in [-0.05, 0) is 31.2 Å². The molecule has 1 aromatic carbocycles. The predicted octanol–water partition coefficient (Wildman–Crippen LogP) is 3.22. The molecule has 8 heteroatoms. The number of aromatic nitrogens is 2. The third kappa shape index (κ3) is 2.96. The van der Waals surface area contributed by atoms with Gasteiger partial charge in [0.25, 0.3) is 5.91 Å². The second-order valence-electron chi connectivity index (χ2n) is 3.89. The highest BCUT2D eigenvalue weighted by Gasteiger charge is 2.30. The zero-order valence-corrected chi connectivity index (χ0v) is 11.2. The summed E-state index contributed by atoms with van der Waals surface area (Å²) in [4.78, 5) is 13.5. The predicted molar refractivity (Wildman–Crippen MR) is 68.7 cm³/mol. The molecule has 1 amide bonds. The number of hydrogen-bond acceptors (Lipinski definition) is 4. The van der Waals surface area contributed by atoms with Gasteiger partial charge >= 0.3 is 6.18 Å². The number of hydrogen-bond donors (Lipinski definition) is 0. The second kappa shape index (κ2) is 5.58. The van der Waals surface area contributed by atoms with Crippen LogP contribution in [0.1, 0.15) is 23.0 Å². The first kappa shape index (κ1) is 14.4. The highest BCUT2D eigenvalue weighted by molar-refractivity contribution is 6.99. The second-order valence-corrected chi connectivity index (χ2v) is 4.44. The monoisotopic (exact) mass is 301 g/mol. The molecule has 0 aliphatic heterocycles. The molecule has 0 bridgehead atoms. The van der Waals surface area contributed by atoms with Crippen LogP contribution in [0.2, 0.25) is 0 Å². The first-order chi connectivity index (χ1) is 9.43. The Kier molecular flexibility index (Phi) is 4.03. The van der Waals surface area contributed by atoms with Crippen LogP contribution in [0.4, 0.5) is 18.9 Å². The molecule has 4 nitrogen and oxygen atoms in total. The number of amides is 1. The van der Waals surface area contributed by atoms with Gasteiger partial charge < -0.3 is 4.90 Å². The van der Waals surface area contributed by atoms with Gasteiger partial charge in [0, 0.05) is 12.2 Å². The molecular formula is C12H10F3N3OS. The van der Waals surface area contributed by atoms with Crippen molar-refractivity contribution in [2.45, 2.75) is 13.1 Å². The Hall–Kier alpha value is -1.96. The number of carbonyl (C=O) groups excluding carboxylic acids is 1. The number of rotatable bonds is 3. The van der Waals surface area contributed by atoms with Gasteiger partial charge in [-0.2, -0.15) is 21.9 Å². The normalized spacial score (nSPS) is 11.4. The summed E-state index contributed by atoms with van der Waals surface area (Å²) in [5, 5.41) is 0. The fourth-order valence-corrected chi connectivity index (χ4v) is 2.08. The molecule has 0 radical (unpaired) electrons. The largest absolute Gasteiger partial charge is 0.416 e. The maximum atomic E-state index is 12.5. The third-order valence-electron chi connectivity index (χ3n) is 2.65. The van der Waals surface area contributed by atoms with Gasteiger partial charge in [0.2, 0.25) is 0 Å². The average Bonchev–Trinajstić information content (AvgIpc) is 2.93. The molecule has 0 aliphatic carbocycles. The van der Waals surface area contributed by atoms with Crippen LogP contribution in [0.25, 0.3) is 0 Å². The van der Waals surface area contributed by atoms with Crippen molar-refractivity contribution >= 4 is 23.3 Å². The van der Waals surface area contributed by atoms with Gasteiger partial charge in [-0.15, -0.1) is 0 Å². The lowest BCUT2D eigenvalue weighted by molar-refractivity contribution is -0.137. The lowest BCUT2D eigenvalue weighted by atomic mass is 10.2. The van der Waals surface area contributed by atoms with Crippen LogP contribution in [-0.2, 0) is 6.18 Å². The molecule has 106 valence electrons. The highest BCUT2D eigenvalue weighted by atomic mass is 32.1. The first-order valence-electron chi connectivity index (χ1n) is 5.70. The van der Waals surface area contributed by atoms with Gasteiger partial charge in [0.1, 0.15) is 0 Å². The quantitative estimate of drug-likeness (QED) is 0.874. The lowest BCUT2D eigenvalue weighted by Crippen LogP contribution is -2.30. The summed E-state index contributed by atoms with van der Waals surface area (Å²) in [6.45, 7) is 2.05. The zero-order chi connectivity index (χ0) is 14.8. The van der Waals surface area contributed by atoms with Crippen LogP contribution in [-0.4, -0.2) is 21.2 Å². The van der Waals surface area contributed by atoms with Crippen molar-refractivity contribution in [2.24, 2.45) is 0 Å². The summed E-state index contributed by atoms with van der Waals surface area (Å²) in [5.74, 6) is -0.388. The van der Waals surface area contributed by atoms with Gasteiger partial charge in [0.15, 0.2) is 5.69 Å². The van der Waals surface area contributed by atoms with E-state index in [1.807, 2.05) is 0 Å². The fourth-order valence-electron chi connectivity index (χ4n) is 1.67. The molecule has 0 saturated heterocycles. The van der Waals surface area contributed by atoms with Crippen molar-refractivity contribution in [1.29, 1.82) is 0 Å². The molecule has 0 unspecified atom stereocenters. The molecule has 0 N–H and O–H groups in total. The summed E-state index contributed by atoms with van der Waals surface area (Å²) in [5.41, 5.74) is -0.185. The number of nitrogens with zero attached hydrogens (tertiary/aromatic N) is 3. The summed E-state index contributed by atoms with van der Waals surface area (Å²) < 4.78 is 45.0. The Balaban J connectivity index is 2.26. The summed E-state index contributed by atoms with van der Waals surface area (Å²) in [7, 11) is 0. The van der Waals surface area contributed by atoms with Crippen LogP contribution in [0.5, 0.6) is 0 Å². The molecule has 1 aromatic heterocycles. The number of alkyl halides is 3. The Labute approximate surface area is 117 Å². The summed E-state index contributed by atoms with van der Waals surface area (Å²) in [6, 6.07) is 4.43. The smallest absolute Gasteiger partial charge is 0.307 e. The van der Waals surface area contributed by atoms with Crippen molar-refractivity contribution in [3.05, 3.63) is 41.7 Å². The third-order valence-corrected chi connectivity index (χ3v) is 3.13. The van der Waals surface area contributed by atoms with E-state index in [1.165, 1.54) is 23.2 Å². The van der Waals surface area contributed by atoms with E-state index in [0.29, 0.717) is 12.2 Å². The van der Waals surface area contributed by atoms with E-state index in [-0.39, 0.29) is 11.6 Å². The van der Waals surface area contributed by atoms with E-state index in [0.717, 1.165) is 23.9 Å².